The summed E-state index contributed by atoms with van der Waals surface area (Å²) in [6.07, 6.45) is 0.371. The van der Waals surface area contributed by atoms with E-state index in [1.54, 1.807) is 39.0 Å². The van der Waals surface area contributed by atoms with Crippen LogP contribution in [0.4, 0.5) is 0 Å². The molecule has 2 aromatic rings. The summed E-state index contributed by atoms with van der Waals surface area (Å²) in [5, 5.41) is 0.743. The van der Waals surface area contributed by atoms with E-state index in [2.05, 4.69) is 0 Å². The van der Waals surface area contributed by atoms with Crippen LogP contribution in [0.25, 0.3) is 11.0 Å². The van der Waals surface area contributed by atoms with Gasteiger partial charge in [0, 0.05) is 23.4 Å². The highest BCUT2D eigenvalue weighted by Crippen LogP contribution is 2.24. The third-order valence-electron chi connectivity index (χ3n) is 3.81. The molecule has 1 heterocycles. The lowest BCUT2D eigenvalue weighted by atomic mass is 10.0. The van der Waals surface area contributed by atoms with Gasteiger partial charge in [-0.15, -0.1) is 0 Å². The summed E-state index contributed by atoms with van der Waals surface area (Å²) in [5.41, 5.74) is 1.05. The molecule has 0 saturated carbocycles. The third kappa shape index (κ3) is 4.84. The Labute approximate surface area is 150 Å². The van der Waals surface area contributed by atoms with Crippen LogP contribution >= 0.6 is 0 Å². The van der Waals surface area contributed by atoms with Gasteiger partial charge in [0.05, 0.1) is 13.2 Å². The molecule has 0 saturated heterocycles. The predicted octanol–water partition coefficient (Wildman–Crippen LogP) is 2.54. The predicted molar refractivity (Wildman–Crippen MR) is 94.3 cm³/mol. The Hall–Kier alpha value is -2.83. The molecule has 0 aliphatic heterocycles. The van der Waals surface area contributed by atoms with Gasteiger partial charge in [0.25, 0.3) is 0 Å². The molecular formula is C19H22O7. The second-order valence-electron chi connectivity index (χ2n) is 5.55. The van der Waals surface area contributed by atoms with Crippen LogP contribution in [-0.2, 0) is 25.5 Å². The Kier molecular flexibility index (Phi) is 6.77. The van der Waals surface area contributed by atoms with Crippen LogP contribution < -0.4 is 10.4 Å². The van der Waals surface area contributed by atoms with Crippen molar-refractivity contribution in [1.82, 2.24) is 0 Å². The van der Waals surface area contributed by atoms with Crippen molar-refractivity contribution in [3.63, 3.8) is 0 Å². The van der Waals surface area contributed by atoms with Gasteiger partial charge in [-0.3, -0.25) is 4.79 Å². The molecule has 0 aliphatic carbocycles. The Morgan fingerprint density at radius 1 is 1.08 bits per heavy atom. The van der Waals surface area contributed by atoms with Crippen molar-refractivity contribution in [2.45, 2.75) is 33.6 Å². The molecule has 0 N–H and O–H groups in total. The zero-order chi connectivity index (χ0) is 19.1. The highest BCUT2D eigenvalue weighted by molar-refractivity contribution is 5.82. The van der Waals surface area contributed by atoms with Crippen molar-refractivity contribution in [1.29, 1.82) is 0 Å². The molecule has 0 unspecified atom stereocenters. The third-order valence-corrected chi connectivity index (χ3v) is 3.81. The van der Waals surface area contributed by atoms with Crippen LogP contribution in [0.2, 0.25) is 0 Å². The first kappa shape index (κ1) is 19.5. The molecule has 0 atom stereocenters. The number of rotatable bonds is 8. The molecule has 26 heavy (non-hydrogen) atoms. The standard InChI is InChI=1S/C19H22O7/c1-4-23-17(20)9-8-15-12(3)14-7-6-13(10-16(14)26-19(15)22)25-11-18(21)24-5-2/h6-7,10H,4-5,8-9,11H2,1-3H3. The van der Waals surface area contributed by atoms with Crippen LogP contribution in [0.15, 0.2) is 27.4 Å². The largest absolute Gasteiger partial charge is 0.482 e. The van der Waals surface area contributed by atoms with Gasteiger partial charge in [-0.2, -0.15) is 0 Å². The summed E-state index contributed by atoms with van der Waals surface area (Å²) in [4.78, 5) is 35.1. The molecular weight excluding hydrogens is 340 g/mol. The number of carbonyl (C=O) groups is 2. The Bertz CT molecular complexity index is 851. The molecule has 0 spiro atoms. The first-order valence-electron chi connectivity index (χ1n) is 8.46. The molecule has 2 rings (SSSR count). The first-order chi connectivity index (χ1) is 12.5. The van der Waals surface area contributed by atoms with Crippen molar-refractivity contribution in [3.8, 4) is 5.75 Å². The van der Waals surface area contributed by atoms with E-state index < -0.39 is 11.6 Å². The number of hydrogen-bond acceptors (Lipinski definition) is 7. The van der Waals surface area contributed by atoms with Crippen LogP contribution in [0.5, 0.6) is 5.75 Å². The van der Waals surface area contributed by atoms with Crippen molar-refractivity contribution < 1.29 is 28.2 Å². The number of esters is 2. The van der Waals surface area contributed by atoms with Gasteiger partial charge in [-0.1, -0.05) is 0 Å². The van der Waals surface area contributed by atoms with E-state index >= 15 is 0 Å². The van der Waals surface area contributed by atoms with E-state index in [1.807, 2.05) is 0 Å². The maximum atomic E-state index is 12.3. The van der Waals surface area contributed by atoms with E-state index in [1.165, 1.54) is 0 Å². The molecule has 7 heteroatoms. The number of hydrogen-bond donors (Lipinski definition) is 0. The second kappa shape index (κ2) is 9.03. The highest BCUT2D eigenvalue weighted by atomic mass is 16.6. The Balaban J connectivity index is 2.20. The molecule has 1 aromatic heterocycles. The first-order valence-corrected chi connectivity index (χ1v) is 8.46. The quantitative estimate of drug-likeness (QED) is 0.526. The molecule has 140 valence electrons. The minimum atomic E-state index is -0.498. The van der Waals surface area contributed by atoms with Gasteiger partial charge in [-0.25, -0.2) is 9.59 Å². The minimum absolute atomic E-state index is 0.117. The average molecular weight is 362 g/mol. The van der Waals surface area contributed by atoms with E-state index in [0.717, 1.165) is 10.9 Å². The van der Waals surface area contributed by atoms with Gasteiger partial charge < -0.3 is 18.6 Å². The number of benzene rings is 1. The normalized spacial score (nSPS) is 10.6. The summed E-state index contributed by atoms with van der Waals surface area (Å²) < 4.78 is 20.4. The summed E-state index contributed by atoms with van der Waals surface area (Å²) >= 11 is 0. The Morgan fingerprint density at radius 2 is 1.77 bits per heavy atom. The van der Waals surface area contributed by atoms with Crippen molar-refractivity contribution in [2.24, 2.45) is 0 Å². The van der Waals surface area contributed by atoms with Crippen LogP contribution in [0, 0.1) is 6.92 Å². The molecule has 1 aromatic carbocycles. The van der Waals surface area contributed by atoms with Crippen LogP contribution in [0.1, 0.15) is 31.4 Å². The number of aryl methyl sites for hydroxylation is 1. The molecule has 0 fully saturated rings. The summed E-state index contributed by atoms with van der Waals surface area (Å²) in [6, 6.07) is 4.99. The van der Waals surface area contributed by atoms with Gasteiger partial charge in [0.15, 0.2) is 6.61 Å². The molecule has 0 bridgehead atoms. The maximum absolute atomic E-state index is 12.3. The van der Waals surface area contributed by atoms with Crippen molar-refractivity contribution in [3.05, 3.63) is 39.7 Å². The monoisotopic (exact) mass is 362 g/mol. The summed E-state index contributed by atoms with van der Waals surface area (Å²) in [7, 11) is 0. The molecule has 0 radical (unpaired) electrons. The zero-order valence-corrected chi connectivity index (χ0v) is 15.1. The minimum Gasteiger partial charge on any atom is -0.482 e. The number of ether oxygens (including phenoxy) is 3. The van der Waals surface area contributed by atoms with Crippen molar-refractivity contribution >= 4 is 22.9 Å². The zero-order valence-electron chi connectivity index (χ0n) is 15.1. The van der Waals surface area contributed by atoms with Gasteiger partial charge in [0.1, 0.15) is 11.3 Å². The fourth-order valence-electron chi connectivity index (χ4n) is 2.56. The lowest BCUT2D eigenvalue weighted by molar-refractivity contribution is -0.145. The van der Waals surface area contributed by atoms with Crippen LogP contribution in [-0.4, -0.2) is 31.8 Å². The number of fused-ring (bicyclic) bond motifs is 1. The SMILES string of the molecule is CCOC(=O)CCc1c(C)c2ccc(OCC(=O)OCC)cc2oc1=O. The molecule has 0 amide bonds. The topological polar surface area (TPSA) is 92.0 Å². The fourth-order valence-corrected chi connectivity index (χ4v) is 2.56. The second-order valence-corrected chi connectivity index (χ2v) is 5.55. The van der Waals surface area contributed by atoms with Crippen LogP contribution in [0.3, 0.4) is 0 Å². The van der Waals surface area contributed by atoms with E-state index in [-0.39, 0.29) is 32.0 Å². The summed E-state index contributed by atoms with van der Waals surface area (Å²) in [6.45, 7) is 5.61. The maximum Gasteiger partial charge on any atom is 0.344 e. The van der Waals surface area contributed by atoms with Gasteiger partial charge in [-0.05, 0) is 44.9 Å². The lowest BCUT2D eigenvalue weighted by Gasteiger charge is -2.10. The van der Waals surface area contributed by atoms with Gasteiger partial charge >= 0.3 is 17.6 Å². The Morgan fingerprint density at radius 3 is 2.46 bits per heavy atom. The van der Waals surface area contributed by atoms with E-state index in [9.17, 15) is 14.4 Å². The van der Waals surface area contributed by atoms with Gasteiger partial charge in [0.2, 0.25) is 0 Å². The van der Waals surface area contributed by atoms with E-state index in [0.29, 0.717) is 23.5 Å². The molecule has 0 aliphatic rings. The molecule has 7 nitrogen and oxygen atoms in total. The fraction of sp³-hybridized carbons (Fsp3) is 0.421. The smallest absolute Gasteiger partial charge is 0.344 e. The summed E-state index contributed by atoms with van der Waals surface area (Å²) in [5.74, 6) is -0.430. The lowest BCUT2D eigenvalue weighted by Crippen LogP contribution is -2.15. The van der Waals surface area contributed by atoms with E-state index in [4.69, 9.17) is 18.6 Å². The average Bonchev–Trinajstić information content (AvgIpc) is 2.60. The highest BCUT2D eigenvalue weighted by Gasteiger charge is 2.14. The number of carbonyl (C=O) groups excluding carboxylic acids is 2. The van der Waals surface area contributed by atoms with Crippen molar-refractivity contribution in [2.75, 3.05) is 19.8 Å².